The van der Waals surface area contributed by atoms with Crippen LogP contribution in [0.15, 0.2) is 0 Å². The van der Waals surface area contributed by atoms with E-state index in [1.54, 1.807) is 0 Å². The Hall–Kier alpha value is 0.288. The van der Waals surface area contributed by atoms with Crippen LogP contribution < -0.4 is 0 Å². The normalized spacial score (nSPS) is 8.29. The minimum absolute atomic E-state index is 0.0649. The van der Waals surface area contributed by atoms with Gasteiger partial charge in [0.2, 0.25) is 0 Å². The van der Waals surface area contributed by atoms with Crippen molar-refractivity contribution in [2.75, 3.05) is 0 Å². The zero-order valence-corrected chi connectivity index (χ0v) is 7.60. The molecule has 0 saturated heterocycles. The zero-order valence-electron chi connectivity index (χ0n) is 4.31. The van der Waals surface area contributed by atoms with Gasteiger partial charge >= 0.3 is 57.0 Å². The fourth-order valence-electron chi connectivity index (χ4n) is 0.263. The van der Waals surface area contributed by atoms with Crippen LogP contribution in [0.4, 0.5) is 0 Å². The maximum atomic E-state index is 10.2. The molecule has 3 heteroatoms. The van der Waals surface area contributed by atoms with Crippen LogP contribution in [0, 0.1) is 0 Å². The van der Waals surface area contributed by atoms with E-state index < -0.39 is 0 Å². The standard InChI is InChI=1S/C4H8O2.Sb.2H/c1-2-3-4(5)6;;;/h2-3H2,1H3,(H,5,6);;;/q;+1;;/p-1. The Morgan fingerprint density at radius 1 is 1.86 bits per heavy atom. The molecule has 0 amide bonds. The Morgan fingerprint density at radius 2 is 2.43 bits per heavy atom. The number of hydrogen-bond acceptors (Lipinski definition) is 2. The molecule has 0 aliphatic rings. The third-order valence-corrected chi connectivity index (χ3v) is 1.34. The molecule has 0 atom stereocenters. The third-order valence-electron chi connectivity index (χ3n) is 0.586. The summed E-state index contributed by atoms with van der Waals surface area (Å²) in [6, 6.07) is 0. The van der Waals surface area contributed by atoms with Gasteiger partial charge in [0.25, 0.3) is 0 Å². The molecular formula is C4H9O2Sb. The molecule has 0 aromatic rings. The van der Waals surface area contributed by atoms with E-state index in [1.165, 1.54) is 0 Å². The molecule has 0 N–H and O–H groups in total. The molecule has 0 aliphatic heterocycles. The summed E-state index contributed by atoms with van der Waals surface area (Å²) in [5.74, 6) is -0.0649. The molecular weight excluding hydrogens is 202 g/mol. The first-order valence-corrected chi connectivity index (χ1v) is 3.55. The van der Waals surface area contributed by atoms with Gasteiger partial charge in [0.05, 0.1) is 0 Å². The number of carbonyl (C=O) groups is 1. The van der Waals surface area contributed by atoms with Crippen molar-refractivity contribution in [1.29, 1.82) is 0 Å². The minimum atomic E-state index is -0.0649. The van der Waals surface area contributed by atoms with Crippen LogP contribution in [-0.2, 0) is 7.81 Å². The number of rotatable bonds is 2. The van der Waals surface area contributed by atoms with Crippen molar-refractivity contribution in [2.45, 2.75) is 19.8 Å². The van der Waals surface area contributed by atoms with Crippen molar-refractivity contribution in [2.24, 2.45) is 0 Å². The Labute approximate surface area is 57.3 Å². The summed E-state index contributed by atoms with van der Waals surface area (Å²) in [5.41, 5.74) is 0. The monoisotopic (exact) mass is 210 g/mol. The molecule has 7 heavy (non-hydrogen) atoms. The summed E-state index contributed by atoms with van der Waals surface area (Å²) in [6.45, 7) is 1.96. The van der Waals surface area contributed by atoms with Crippen LogP contribution in [0.5, 0.6) is 0 Å². The summed E-state index contributed by atoms with van der Waals surface area (Å²) in [4.78, 5) is 10.2. The molecule has 0 spiro atoms. The SMILES string of the molecule is CCCC(=O)[O][SbH2]. The summed E-state index contributed by atoms with van der Waals surface area (Å²) < 4.78 is 4.48. The molecule has 0 aliphatic carbocycles. The van der Waals surface area contributed by atoms with E-state index in [9.17, 15) is 4.79 Å². The van der Waals surface area contributed by atoms with Crippen molar-refractivity contribution >= 4 is 29.4 Å². The average Bonchev–Trinajstić information content (AvgIpc) is 1.68. The van der Waals surface area contributed by atoms with Crippen molar-refractivity contribution in [3.8, 4) is 0 Å². The summed E-state index contributed by atoms with van der Waals surface area (Å²) >= 11 is 0.593. The fourth-order valence-corrected chi connectivity index (χ4v) is 0.599. The van der Waals surface area contributed by atoms with Gasteiger partial charge in [-0.15, -0.1) is 0 Å². The number of carbonyl (C=O) groups excluding carboxylic acids is 1. The van der Waals surface area contributed by atoms with Crippen LogP contribution in [0.3, 0.4) is 0 Å². The second-order valence-electron chi connectivity index (χ2n) is 1.24. The zero-order chi connectivity index (χ0) is 5.70. The Balaban J connectivity index is 3.00. The molecule has 0 aromatic carbocycles. The van der Waals surface area contributed by atoms with E-state index in [2.05, 4.69) is 3.02 Å². The van der Waals surface area contributed by atoms with Crippen LogP contribution >= 0.6 is 0 Å². The van der Waals surface area contributed by atoms with Gasteiger partial charge in [-0.25, -0.2) is 0 Å². The van der Waals surface area contributed by atoms with Gasteiger partial charge < -0.3 is 0 Å². The second kappa shape index (κ2) is 4.45. The second-order valence-corrected chi connectivity index (χ2v) is 1.91. The van der Waals surface area contributed by atoms with E-state index in [-0.39, 0.29) is 5.97 Å². The van der Waals surface area contributed by atoms with Crippen molar-refractivity contribution < 1.29 is 7.81 Å². The van der Waals surface area contributed by atoms with Gasteiger partial charge in [0, 0.05) is 0 Å². The molecule has 0 rings (SSSR count). The fraction of sp³-hybridized carbons (Fsp3) is 0.750. The van der Waals surface area contributed by atoms with Gasteiger partial charge in [-0.1, -0.05) is 0 Å². The van der Waals surface area contributed by atoms with Gasteiger partial charge in [0.1, 0.15) is 0 Å². The summed E-state index contributed by atoms with van der Waals surface area (Å²) in [7, 11) is 0. The van der Waals surface area contributed by atoms with Gasteiger partial charge in [-0.3, -0.25) is 0 Å². The van der Waals surface area contributed by atoms with Gasteiger partial charge in [0.15, 0.2) is 0 Å². The van der Waals surface area contributed by atoms with Crippen molar-refractivity contribution in [3.05, 3.63) is 0 Å². The maximum absolute atomic E-state index is 10.2. The molecule has 0 fully saturated rings. The average molecular weight is 211 g/mol. The van der Waals surface area contributed by atoms with Crippen LogP contribution in [-0.4, -0.2) is 29.4 Å². The molecule has 0 unspecified atom stereocenters. The van der Waals surface area contributed by atoms with Gasteiger partial charge in [-0.2, -0.15) is 0 Å². The Morgan fingerprint density at radius 3 is 2.57 bits per heavy atom. The Kier molecular flexibility index (Phi) is 4.63. The first kappa shape index (κ1) is 7.29. The summed E-state index contributed by atoms with van der Waals surface area (Å²) in [5, 5.41) is 0. The van der Waals surface area contributed by atoms with Crippen molar-refractivity contribution in [1.82, 2.24) is 0 Å². The third kappa shape index (κ3) is 4.13. The van der Waals surface area contributed by atoms with E-state index in [0.717, 1.165) is 6.42 Å². The van der Waals surface area contributed by atoms with Crippen LogP contribution in [0.25, 0.3) is 0 Å². The predicted octanol–water partition coefficient (Wildman–Crippen LogP) is -0.122. The molecule has 0 radical (unpaired) electrons. The topological polar surface area (TPSA) is 26.3 Å². The first-order chi connectivity index (χ1) is 3.31. The van der Waals surface area contributed by atoms with Gasteiger partial charge in [-0.05, 0) is 0 Å². The molecule has 0 bridgehead atoms. The van der Waals surface area contributed by atoms with E-state index in [4.69, 9.17) is 0 Å². The summed E-state index contributed by atoms with van der Waals surface area (Å²) in [6.07, 6.45) is 1.46. The van der Waals surface area contributed by atoms with E-state index in [1.807, 2.05) is 6.92 Å². The molecule has 2 nitrogen and oxygen atoms in total. The van der Waals surface area contributed by atoms with Crippen LogP contribution in [0.1, 0.15) is 19.8 Å². The molecule has 42 valence electrons. The quantitative estimate of drug-likeness (QED) is 0.595. The van der Waals surface area contributed by atoms with Crippen LogP contribution in [0.2, 0.25) is 0 Å². The molecule has 0 aromatic heterocycles. The predicted molar refractivity (Wildman–Crippen MR) is 29.5 cm³/mol. The molecule has 0 heterocycles. The first-order valence-electron chi connectivity index (χ1n) is 2.20. The van der Waals surface area contributed by atoms with E-state index >= 15 is 0 Å². The Bertz CT molecular complexity index is 62.7. The molecule has 0 saturated carbocycles. The van der Waals surface area contributed by atoms with Crippen molar-refractivity contribution in [3.63, 3.8) is 0 Å². The number of hydrogen-bond donors (Lipinski definition) is 0. The van der Waals surface area contributed by atoms with E-state index in [0.29, 0.717) is 29.9 Å².